The van der Waals surface area contributed by atoms with Crippen LogP contribution in [-0.2, 0) is 6.54 Å². The highest BCUT2D eigenvalue weighted by atomic mass is 32.1. The Hall–Kier alpha value is -4.13. The molecule has 5 aromatic rings. The molecule has 0 saturated carbocycles. The first-order chi connectivity index (χ1) is 20.6. The lowest BCUT2D eigenvalue weighted by atomic mass is 9.97. The lowest BCUT2D eigenvalue weighted by Gasteiger charge is -2.35. The third kappa shape index (κ3) is 6.06. The van der Waals surface area contributed by atoms with E-state index in [-0.39, 0.29) is 5.78 Å². The van der Waals surface area contributed by atoms with Crippen LogP contribution in [0.1, 0.15) is 40.7 Å². The summed E-state index contributed by atoms with van der Waals surface area (Å²) in [5, 5.41) is 0.924. The molecule has 5 nitrogen and oxygen atoms in total. The molecule has 1 aliphatic rings. The number of likely N-dealkylation sites (tertiary alicyclic amines) is 1. The molecular weight excluding hydrogens is 542 g/mol. The number of methoxy groups -OCH3 is 2. The first kappa shape index (κ1) is 28.0. The van der Waals surface area contributed by atoms with Crippen molar-refractivity contribution in [1.29, 1.82) is 0 Å². The number of rotatable bonds is 10. The molecule has 6 heteroatoms. The number of piperidine rings is 1. The quantitative estimate of drug-likeness (QED) is 0.156. The molecule has 1 unspecified atom stereocenters. The topological polar surface area (TPSA) is 48.0 Å². The van der Waals surface area contributed by atoms with Crippen molar-refractivity contribution in [1.82, 2.24) is 4.90 Å². The smallest absolute Gasteiger partial charge is 0.195 e. The van der Waals surface area contributed by atoms with Crippen molar-refractivity contribution in [3.8, 4) is 27.7 Å². The zero-order valence-corrected chi connectivity index (χ0v) is 24.9. The maximum Gasteiger partial charge on any atom is 0.195 e. The SMILES string of the molecule is COc1ccc(-c2sc3cc(OC)ccc3c2C(=O)c2ccc(OCC3CCCCN3Cc3ccccc3)cc2)cc1. The van der Waals surface area contributed by atoms with Crippen molar-refractivity contribution in [2.45, 2.75) is 31.8 Å². The molecule has 4 aromatic carbocycles. The monoisotopic (exact) mass is 577 g/mol. The minimum absolute atomic E-state index is 0.00917. The fraction of sp³-hybridized carbons (Fsp3) is 0.250. The number of hydrogen-bond donors (Lipinski definition) is 0. The summed E-state index contributed by atoms with van der Waals surface area (Å²) < 4.78 is 18.1. The largest absolute Gasteiger partial charge is 0.497 e. The van der Waals surface area contributed by atoms with Gasteiger partial charge in [0, 0.05) is 38.7 Å². The first-order valence-electron chi connectivity index (χ1n) is 14.4. The van der Waals surface area contributed by atoms with Crippen molar-refractivity contribution >= 4 is 27.2 Å². The van der Waals surface area contributed by atoms with Crippen LogP contribution in [0.5, 0.6) is 17.2 Å². The summed E-state index contributed by atoms with van der Waals surface area (Å²) in [5.74, 6) is 2.32. The Morgan fingerprint density at radius 1 is 0.833 bits per heavy atom. The van der Waals surface area contributed by atoms with E-state index in [1.807, 2.05) is 66.7 Å². The molecule has 0 radical (unpaired) electrons. The lowest BCUT2D eigenvalue weighted by Crippen LogP contribution is -2.42. The molecule has 0 spiro atoms. The van der Waals surface area contributed by atoms with Gasteiger partial charge >= 0.3 is 0 Å². The highest BCUT2D eigenvalue weighted by Crippen LogP contribution is 2.41. The van der Waals surface area contributed by atoms with Gasteiger partial charge in [-0.3, -0.25) is 9.69 Å². The number of ether oxygens (including phenoxy) is 3. The highest BCUT2D eigenvalue weighted by molar-refractivity contribution is 7.22. The molecule has 2 heterocycles. The molecule has 1 fully saturated rings. The van der Waals surface area contributed by atoms with Crippen LogP contribution in [0.15, 0.2) is 97.1 Å². The number of carbonyl (C=O) groups is 1. The van der Waals surface area contributed by atoms with E-state index < -0.39 is 0 Å². The summed E-state index contributed by atoms with van der Waals surface area (Å²) in [7, 11) is 3.31. The molecule has 6 rings (SSSR count). The van der Waals surface area contributed by atoms with Crippen molar-refractivity contribution < 1.29 is 19.0 Å². The van der Waals surface area contributed by atoms with E-state index in [1.54, 1.807) is 25.6 Å². The minimum atomic E-state index is -0.00917. The second kappa shape index (κ2) is 12.8. The minimum Gasteiger partial charge on any atom is -0.497 e. The van der Waals surface area contributed by atoms with E-state index in [4.69, 9.17) is 14.2 Å². The molecule has 0 aliphatic carbocycles. The van der Waals surface area contributed by atoms with Crippen LogP contribution >= 0.6 is 11.3 Å². The lowest BCUT2D eigenvalue weighted by molar-refractivity contribution is 0.0932. The molecular formula is C36H35NO4S. The average molecular weight is 578 g/mol. The summed E-state index contributed by atoms with van der Waals surface area (Å²) in [6.45, 7) is 2.67. The predicted octanol–water partition coefficient (Wildman–Crippen LogP) is 8.25. The molecule has 1 saturated heterocycles. The molecule has 1 atom stereocenters. The van der Waals surface area contributed by atoms with Gasteiger partial charge < -0.3 is 14.2 Å². The highest BCUT2D eigenvalue weighted by Gasteiger charge is 2.24. The Morgan fingerprint density at radius 2 is 1.55 bits per heavy atom. The fourth-order valence-electron chi connectivity index (χ4n) is 5.69. The summed E-state index contributed by atoms with van der Waals surface area (Å²) in [6, 6.07) is 32.4. The third-order valence-corrected chi connectivity index (χ3v) is 9.21. The van der Waals surface area contributed by atoms with Crippen LogP contribution in [0, 0.1) is 0 Å². The second-order valence-electron chi connectivity index (χ2n) is 10.7. The summed E-state index contributed by atoms with van der Waals surface area (Å²) in [6.07, 6.45) is 3.58. The van der Waals surface area contributed by atoms with Crippen LogP contribution in [0.4, 0.5) is 0 Å². The molecule has 42 heavy (non-hydrogen) atoms. The standard InChI is InChI=1S/C36H35NO4S/c1-39-29-15-13-27(14-16-29)36-34(32-20-19-31(40-2)22-33(32)42-36)35(38)26-11-17-30(18-12-26)41-24-28-10-6-7-21-37(28)23-25-8-4-3-5-9-25/h3-5,8-9,11-20,22,28H,6-7,10,21,23-24H2,1-2H3. The van der Waals surface area contributed by atoms with Gasteiger partial charge in [-0.25, -0.2) is 0 Å². The van der Waals surface area contributed by atoms with Crippen LogP contribution in [-0.4, -0.2) is 44.1 Å². The molecule has 0 bridgehead atoms. The van der Waals surface area contributed by atoms with Gasteiger partial charge in [0.15, 0.2) is 5.78 Å². The van der Waals surface area contributed by atoms with E-state index in [0.717, 1.165) is 57.3 Å². The number of benzene rings is 4. The number of thiophene rings is 1. The average Bonchev–Trinajstić information content (AvgIpc) is 3.43. The molecule has 214 valence electrons. The molecule has 1 aliphatic heterocycles. The van der Waals surface area contributed by atoms with Gasteiger partial charge in [-0.2, -0.15) is 0 Å². The van der Waals surface area contributed by atoms with Crippen LogP contribution in [0.25, 0.3) is 20.5 Å². The Bertz CT molecular complexity index is 1640. The van der Waals surface area contributed by atoms with Gasteiger partial charge in [-0.15, -0.1) is 11.3 Å². The number of fused-ring (bicyclic) bond motifs is 1. The molecule has 0 amide bonds. The van der Waals surface area contributed by atoms with E-state index in [2.05, 4.69) is 35.2 Å². The van der Waals surface area contributed by atoms with Gasteiger partial charge in [0.05, 0.1) is 14.2 Å². The fourth-order valence-corrected chi connectivity index (χ4v) is 6.92. The van der Waals surface area contributed by atoms with Gasteiger partial charge in [0.1, 0.15) is 23.9 Å². The molecule has 0 N–H and O–H groups in total. The van der Waals surface area contributed by atoms with Crippen molar-refractivity contribution in [2.75, 3.05) is 27.4 Å². The van der Waals surface area contributed by atoms with Gasteiger partial charge in [-0.1, -0.05) is 36.8 Å². The van der Waals surface area contributed by atoms with Crippen LogP contribution in [0.3, 0.4) is 0 Å². The van der Waals surface area contributed by atoms with Gasteiger partial charge in [-0.05, 0) is 97.2 Å². The Labute approximate surface area is 251 Å². The number of carbonyl (C=O) groups excluding carboxylic acids is 1. The first-order valence-corrected chi connectivity index (χ1v) is 15.2. The van der Waals surface area contributed by atoms with Crippen LogP contribution in [0.2, 0.25) is 0 Å². The molecule has 1 aromatic heterocycles. The zero-order chi connectivity index (χ0) is 28.9. The van der Waals surface area contributed by atoms with E-state index in [9.17, 15) is 4.79 Å². The maximum absolute atomic E-state index is 14.0. The van der Waals surface area contributed by atoms with Crippen LogP contribution < -0.4 is 14.2 Å². The number of hydrogen-bond acceptors (Lipinski definition) is 6. The van der Waals surface area contributed by atoms with E-state index >= 15 is 0 Å². The summed E-state index contributed by atoms with van der Waals surface area (Å²) >= 11 is 1.60. The van der Waals surface area contributed by atoms with E-state index in [0.29, 0.717) is 23.8 Å². The Morgan fingerprint density at radius 3 is 2.29 bits per heavy atom. The predicted molar refractivity (Wildman–Crippen MR) is 170 cm³/mol. The Kier molecular flexibility index (Phi) is 8.54. The zero-order valence-electron chi connectivity index (χ0n) is 24.0. The van der Waals surface area contributed by atoms with Gasteiger partial charge in [0.25, 0.3) is 0 Å². The van der Waals surface area contributed by atoms with Crippen molar-refractivity contribution in [3.05, 3.63) is 114 Å². The van der Waals surface area contributed by atoms with Gasteiger partial charge in [0.2, 0.25) is 0 Å². The maximum atomic E-state index is 14.0. The third-order valence-electron chi connectivity index (χ3n) is 8.01. The number of ketones is 1. The normalized spacial score (nSPS) is 15.4. The van der Waals surface area contributed by atoms with Crippen molar-refractivity contribution in [2.24, 2.45) is 0 Å². The number of nitrogens with zero attached hydrogens (tertiary/aromatic N) is 1. The second-order valence-corrected chi connectivity index (χ2v) is 11.7. The summed E-state index contributed by atoms with van der Waals surface area (Å²) in [5.41, 5.74) is 3.65. The summed E-state index contributed by atoms with van der Waals surface area (Å²) in [4.78, 5) is 17.5. The Balaban J connectivity index is 1.21. The van der Waals surface area contributed by atoms with Crippen molar-refractivity contribution in [3.63, 3.8) is 0 Å². The van der Waals surface area contributed by atoms with E-state index in [1.165, 1.54) is 18.4 Å².